The SMILES string of the molecule is COc1c(C(C)(F)F)ccc(C)c1C(C)CN. The molecule has 0 aliphatic rings. The van der Waals surface area contributed by atoms with E-state index in [1.165, 1.54) is 13.2 Å². The third-order valence-electron chi connectivity index (χ3n) is 2.94. The van der Waals surface area contributed by atoms with Gasteiger partial charge in [-0.25, -0.2) is 8.78 Å². The van der Waals surface area contributed by atoms with Gasteiger partial charge in [0, 0.05) is 12.5 Å². The van der Waals surface area contributed by atoms with Crippen molar-refractivity contribution in [3.63, 3.8) is 0 Å². The number of hydrogen-bond acceptors (Lipinski definition) is 2. The molecule has 0 bridgehead atoms. The highest BCUT2D eigenvalue weighted by Crippen LogP contribution is 2.40. The predicted octanol–water partition coefficient (Wildman–Crippen LogP) is 3.18. The van der Waals surface area contributed by atoms with Crippen molar-refractivity contribution in [1.82, 2.24) is 0 Å². The normalized spacial score (nSPS) is 13.6. The van der Waals surface area contributed by atoms with Gasteiger partial charge in [-0.1, -0.05) is 13.0 Å². The monoisotopic (exact) mass is 243 g/mol. The van der Waals surface area contributed by atoms with Crippen LogP contribution in [0.2, 0.25) is 0 Å². The Morgan fingerprint density at radius 3 is 2.41 bits per heavy atom. The Balaban J connectivity index is 3.47. The number of nitrogens with two attached hydrogens (primary N) is 1. The molecule has 0 fully saturated rings. The molecule has 0 aromatic heterocycles. The smallest absolute Gasteiger partial charge is 0.274 e. The summed E-state index contributed by atoms with van der Waals surface area (Å²) in [5.41, 5.74) is 7.23. The van der Waals surface area contributed by atoms with Crippen LogP contribution < -0.4 is 10.5 Å². The van der Waals surface area contributed by atoms with Crippen molar-refractivity contribution >= 4 is 0 Å². The summed E-state index contributed by atoms with van der Waals surface area (Å²) in [7, 11) is 1.41. The average molecular weight is 243 g/mol. The van der Waals surface area contributed by atoms with Crippen molar-refractivity contribution < 1.29 is 13.5 Å². The molecule has 1 atom stereocenters. The first kappa shape index (κ1) is 13.9. The number of ether oxygens (including phenoxy) is 1. The minimum Gasteiger partial charge on any atom is -0.496 e. The van der Waals surface area contributed by atoms with Crippen molar-refractivity contribution in [1.29, 1.82) is 0 Å². The summed E-state index contributed by atoms with van der Waals surface area (Å²) in [6, 6.07) is 3.11. The number of halogens is 2. The van der Waals surface area contributed by atoms with Crippen LogP contribution in [0, 0.1) is 6.92 Å². The molecule has 1 rings (SSSR count). The molecule has 1 aromatic rings. The average Bonchev–Trinajstić information content (AvgIpc) is 2.25. The maximum Gasteiger partial charge on any atom is 0.274 e. The van der Waals surface area contributed by atoms with Crippen LogP contribution in [-0.4, -0.2) is 13.7 Å². The zero-order valence-corrected chi connectivity index (χ0v) is 10.7. The van der Waals surface area contributed by atoms with Gasteiger partial charge in [-0.3, -0.25) is 0 Å². The summed E-state index contributed by atoms with van der Waals surface area (Å²) in [5, 5.41) is 0. The van der Waals surface area contributed by atoms with Gasteiger partial charge in [0.2, 0.25) is 0 Å². The summed E-state index contributed by atoms with van der Waals surface area (Å²) in [6.45, 7) is 5.05. The minimum atomic E-state index is -2.91. The lowest BCUT2D eigenvalue weighted by Crippen LogP contribution is -2.16. The summed E-state index contributed by atoms with van der Waals surface area (Å²) >= 11 is 0. The maximum atomic E-state index is 13.5. The maximum absolute atomic E-state index is 13.5. The summed E-state index contributed by atoms with van der Waals surface area (Å²) in [6.07, 6.45) is 0. The number of alkyl halides is 2. The van der Waals surface area contributed by atoms with Crippen molar-refractivity contribution in [3.8, 4) is 5.75 Å². The molecule has 4 heteroatoms. The van der Waals surface area contributed by atoms with E-state index in [9.17, 15) is 8.78 Å². The van der Waals surface area contributed by atoms with E-state index >= 15 is 0 Å². The lowest BCUT2D eigenvalue weighted by atomic mass is 9.91. The zero-order chi connectivity index (χ0) is 13.2. The summed E-state index contributed by atoms with van der Waals surface area (Å²) < 4.78 is 32.1. The Morgan fingerprint density at radius 1 is 1.41 bits per heavy atom. The third-order valence-corrected chi connectivity index (χ3v) is 2.94. The number of benzene rings is 1. The summed E-state index contributed by atoms with van der Waals surface area (Å²) in [4.78, 5) is 0. The van der Waals surface area contributed by atoms with E-state index in [4.69, 9.17) is 10.5 Å². The molecule has 0 amide bonds. The van der Waals surface area contributed by atoms with Gasteiger partial charge in [0.25, 0.3) is 5.92 Å². The topological polar surface area (TPSA) is 35.2 Å². The Bertz CT molecular complexity index is 399. The fourth-order valence-corrected chi connectivity index (χ4v) is 1.99. The molecule has 0 aliphatic heterocycles. The van der Waals surface area contributed by atoms with Crippen LogP contribution in [0.15, 0.2) is 12.1 Å². The van der Waals surface area contributed by atoms with Gasteiger partial charge in [-0.2, -0.15) is 0 Å². The quantitative estimate of drug-likeness (QED) is 0.881. The van der Waals surface area contributed by atoms with Crippen LogP contribution >= 0.6 is 0 Å². The van der Waals surface area contributed by atoms with E-state index in [1.807, 2.05) is 13.8 Å². The van der Waals surface area contributed by atoms with Gasteiger partial charge < -0.3 is 10.5 Å². The van der Waals surface area contributed by atoms with Crippen molar-refractivity contribution in [2.24, 2.45) is 5.73 Å². The highest BCUT2D eigenvalue weighted by atomic mass is 19.3. The molecule has 0 heterocycles. The lowest BCUT2D eigenvalue weighted by molar-refractivity contribution is 0.0149. The Labute approximate surface area is 101 Å². The van der Waals surface area contributed by atoms with Gasteiger partial charge >= 0.3 is 0 Å². The number of hydrogen-bond donors (Lipinski definition) is 1. The molecule has 0 aliphatic carbocycles. The number of aryl methyl sites for hydroxylation is 1. The highest BCUT2D eigenvalue weighted by Gasteiger charge is 2.31. The molecule has 0 saturated heterocycles. The summed E-state index contributed by atoms with van der Waals surface area (Å²) in [5.74, 6) is -2.66. The highest BCUT2D eigenvalue weighted by molar-refractivity contribution is 5.49. The largest absolute Gasteiger partial charge is 0.496 e. The molecule has 0 saturated carbocycles. The molecular formula is C13H19F2NO. The van der Waals surface area contributed by atoms with Gasteiger partial charge in [-0.15, -0.1) is 0 Å². The van der Waals surface area contributed by atoms with Crippen molar-refractivity contribution in [2.45, 2.75) is 32.6 Å². The van der Waals surface area contributed by atoms with E-state index in [0.717, 1.165) is 18.1 Å². The molecule has 1 unspecified atom stereocenters. The molecular weight excluding hydrogens is 224 g/mol. The van der Waals surface area contributed by atoms with Crippen LogP contribution in [0.1, 0.15) is 36.5 Å². The second kappa shape index (κ2) is 5.00. The van der Waals surface area contributed by atoms with Crippen molar-refractivity contribution in [2.75, 3.05) is 13.7 Å². The van der Waals surface area contributed by atoms with Gasteiger partial charge in [-0.05, 0) is 31.0 Å². The van der Waals surface area contributed by atoms with Gasteiger partial charge in [0.1, 0.15) is 5.75 Å². The van der Waals surface area contributed by atoms with Crippen LogP contribution in [0.25, 0.3) is 0 Å². The van der Waals surface area contributed by atoms with Crippen molar-refractivity contribution in [3.05, 3.63) is 28.8 Å². The Morgan fingerprint density at radius 2 is 2.00 bits per heavy atom. The van der Waals surface area contributed by atoms with E-state index in [1.54, 1.807) is 6.07 Å². The van der Waals surface area contributed by atoms with Gasteiger partial charge in [0.15, 0.2) is 0 Å². The minimum absolute atomic E-state index is 0.00718. The molecule has 0 spiro atoms. The van der Waals surface area contributed by atoms with Gasteiger partial charge in [0.05, 0.1) is 12.7 Å². The number of rotatable bonds is 4. The molecule has 17 heavy (non-hydrogen) atoms. The molecule has 96 valence electrons. The second-order valence-electron chi connectivity index (χ2n) is 4.40. The second-order valence-corrected chi connectivity index (χ2v) is 4.40. The Kier molecular flexibility index (Phi) is 4.09. The fourth-order valence-electron chi connectivity index (χ4n) is 1.99. The molecule has 0 radical (unpaired) electrons. The fraction of sp³-hybridized carbons (Fsp3) is 0.538. The first-order valence-electron chi connectivity index (χ1n) is 5.58. The lowest BCUT2D eigenvalue weighted by Gasteiger charge is -2.22. The predicted molar refractivity (Wildman–Crippen MR) is 64.8 cm³/mol. The van der Waals surface area contributed by atoms with Crippen LogP contribution in [-0.2, 0) is 5.92 Å². The zero-order valence-electron chi connectivity index (χ0n) is 10.7. The molecule has 2 N–H and O–H groups in total. The van der Waals surface area contributed by atoms with E-state index in [0.29, 0.717) is 6.54 Å². The van der Waals surface area contributed by atoms with Crippen LogP contribution in [0.5, 0.6) is 5.75 Å². The van der Waals surface area contributed by atoms with E-state index in [-0.39, 0.29) is 17.2 Å². The molecule has 2 nitrogen and oxygen atoms in total. The van der Waals surface area contributed by atoms with Crippen LogP contribution in [0.3, 0.4) is 0 Å². The first-order valence-corrected chi connectivity index (χ1v) is 5.58. The van der Waals surface area contributed by atoms with Crippen LogP contribution in [0.4, 0.5) is 8.78 Å². The van der Waals surface area contributed by atoms with E-state index in [2.05, 4.69) is 0 Å². The first-order chi connectivity index (χ1) is 7.82. The van der Waals surface area contributed by atoms with E-state index < -0.39 is 5.92 Å². The third kappa shape index (κ3) is 2.75. The molecule has 1 aromatic carbocycles. The standard InChI is InChI=1S/C13H19F2NO/c1-8-5-6-10(13(3,14)15)12(17-4)11(8)9(2)7-16/h5-6,9H,7,16H2,1-4H3. The Hall–Kier alpha value is -1.16. The number of methoxy groups -OCH3 is 1.